The first-order valence-electron chi connectivity index (χ1n) is 6.71. The maximum Gasteiger partial charge on any atom is 0.242 e. The van der Waals surface area contributed by atoms with Gasteiger partial charge in [-0.1, -0.05) is 23.7 Å². The summed E-state index contributed by atoms with van der Waals surface area (Å²) in [5, 5.41) is 0.817. The van der Waals surface area contributed by atoms with Crippen LogP contribution < -0.4 is 4.74 Å². The van der Waals surface area contributed by atoms with Crippen LogP contribution in [0.4, 0.5) is 0 Å². The summed E-state index contributed by atoms with van der Waals surface area (Å²) in [4.78, 5) is 18.5. The molecular weight excluding hydrogens is 320 g/mol. The van der Waals surface area contributed by atoms with Crippen LogP contribution in [0.15, 0.2) is 52.5 Å². The molecule has 112 valence electrons. The second kappa shape index (κ2) is 6.02. The van der Waals surface area contributed by atoms with Crippen molar-refractivity contribution in [3.05, 3.63) is 53.1 Å². The lowest BCUT2D eigenvalue weighted by atomic mass is 9.95. The zero-order chi connectivity index (χ0) is 15.7. The molecule has 1 aliphatic heterocycles. The van der Waals surface area contributed by atoms with E-state index in [2.05, 4.69) is 4.99 Å². The van der Waals surface area contributed by atoms with Gasteiger partial charge in [-0.25, -0.2) is 4.99 Å². The highest BCUT2D eigenvalue weighted by Gasteiger charge is 2.34. The lowest BCUT2D eigenvalue weighted by molar-refractivity contribution is -0.128. The summed E-state index contributed by atoms with van der Waals surface area (Å²) in [6.07, 6.45) is 5.15. The number of rotatable bonds is 3. The molecule has 1 atom stereocenters. The molecule has 3 rings (SSSR count). The van der Waals surface area contributed by atoms with Gasteiger partial charge in [-0.15, -0.1) is 0 Å². The quantitative estimate of drug-likeness (QED) is 0.799. The van der Waals surface area contributed by atoms with E-state index in [-0.39, 0.29) is 11.0 Å². The fraction of sp³-hybridized carbons (Fsp3) is 0.188. The minimum absolute atomic E-state index is 0.103. The molecule has 22 heavy (non-hydrogen) atoms. The van der Waals surface area contributed by atoms with Crippen molar-refractivity contribution in [1.29, 1.82) is 0 Å². The minimum Gasteiger partial charge on any atom is -0.497 e. The minimum atomic E-state index is -0.456. The van der Waals surface area contributed by atoms with Crippen LogP contribution in [0.25, 0.3) is 0 Å². The molecule has 0 spiro atoms. The Morgan fingerprint density at radius 2 is 2.05 bits per heavy atom. The number of benzene rings is 1. The highest BCUT2D eigenvalue weighted by molar-refractivity contribution is 7.80. The Bertz CT molecular complexity index is 722. The summed E-state index contributed by atoms with van der Waals surface area (Å²) < 4.78 is 5.13. The van der Waals surface area contributed by atoms with Crippen molar-refractivity contribution in [3.8, 4) is 5.75 Å². The number of halogens is 1. The molecule has 1 amide bonds. The topological polar surface area (TPSA) is 41.9 Å². The molecule has 0 fully saturated rings. The van der Waals surface area contributed by atoms with Crippen LogP contribution in [0.5, 0.6) is 5.75 Å². The lowest BCUT2D eigenvalue weighted by Gasteiger charge is -2.30. The van der Waals surface area contributed by atoms with Crippen LogP contribution in [0.2, 0.25) is 0 Å². The van der Waals surface area contributed by atoms with Gasteiger partial charge in [0.05, 0.1) is 19.4 Å². The number of hydrogen-bond donors (Lipinski definition) is 0. The standard InChI is InChI=1S/C16H13ClN2O2S/c1-21-12-5-2-10(3-6-12)9-19-15(20)13-8-11(17)4-7-14(13)18-16(19)22/h2-8,13H,9H2,1H3. The molecule has 1 aliphatic carbocycles. The van der Waals surface area contributed by atoms with Crippen LogP contribution in [-0.4, -0.2) is 28.7 Å². The number of nitrogens with zero attached hydrogens (tertiary/aromatic N) is 2. The molecule has 0 bridgehead atoms. The van der Waals surface area contributed by atoms with Crippen molar-refractivity contribution in [3.63, 3.8) is 0 Å². The molecule has 6 heteroatoms. The van der Waals surface area contributed by atoms with Crippen molar-refractivity contribution in [1.82, 2.24) is 4.90 Å². The average molecular weight is 333 g/mol. The molecule has 1 aromatic rings. The first-order valence-corrected chi connectivity index (χ1v) is 7.49. The number of carbonyl (C=O) groups is 1. The molecule has 0 N–H and O–H groups in total. The molecular formula is C16H13ClN2O2S. The Kier molecular flexibility index (Phi) is 4.09. The maximum atomic E-state index is 12.6. The Hall–Kier alpha value is -1.98. The molecule has 1 aromatic carbocycles. The van der Waals surface area contributed by atoms with Gasteiger partial charge in [0, 0.05) is 5.03 Å². The van der Waals surface area contributed by atoms with Crippen LogP contribution in [0.1, 0.15) is 5.56 Å². The van der Waals surface area contributed by atoms with Crippen molar-refractivity contribution in [2.75, 3.05) is 7.11 Å². The van der Waals surface area contributed by atoms with E-state index in [1.54, 1.807) is 25.3 Å². The number of aliphatic imine (C=N–C) groups is 1. The molecule has 0 radical (unpaired) electrons. The van der Waals surface area contributed by atoms with Gasteiger partial charge in [0.25, 0.3) is 0 Å². The van der Waals surface area contributed by atoms with Gasteiger partial charge < -0.3 is 4.74 Å². The van der Waals surface area contributed by atoms with E-state index in [4.69, 9.17) is 28.6 Å². The third kappa shape index (κ3) is 2.82. The van der Waals surface area contributed by atoms with Crippen LogP contribution in [0.3, 0.4) is 0 Å². The molecule has 1 heterocycles. The van der Waals surface area contributed by atoms with Crippen LogP contribution in [0, 0.1) is 5.92 Å². The SMILES string of the molecule is COc1ccc(CN2C(=O)C3C=C(Cl)C=CC3=NC2=S)cc1. The highest BCUT2D eigenvalue weighted by Crippen LogP contribution is 2.25. The lowest BCUT2D eigenvalue weighted by Crippen LogP contribution is -2.45. The van der Waals surface area contributed by atoms with E-state index >= 15 is 0 Å². The van der Waals surface area contributed by atoms with Gasteiger partial charge in [0.2, 0.25) is 11.0 Å². The molecule has 2 aliphatic rings. The summed E-state index contributed by atoms with van der Waals surface area (Å²) in [6.45, 7) is 0.379. The Morgan fingerprint density at radius 3 is 2.73 bits per heavy atom. The molecule has 0 aromatic heterocycles. The zero-order valence-electron chi connectivity index (χ0n) is 11.8. The second-order valence-corrected chi connectivity index (χ2v) is 5.76. The van der Waals surface area contributed by atoms with E-state index < -0.39 is 5.92 Å². The number of ether oxygens (including phenoxy) is 1. The van der Waals surface area contributed by atoms with Gasteiger partial charge in [-0.3, -0.25) is 9.69 Å². The monoisotopic (exact) mass is 332 g/mol. The van der Waals surface area contributed by atoms with E-state index in [9.17, 15) is 4.79 Å². The van der Waals surface area contributed by atoms with Crippen molar-refractivity contribution < 1.29 is 9.53 Å². The van der Waals surface area contributed by atoms with Crippen molar-refractivity contribution in [2.24, 2.45) is 10.9 Å². The van der Waals surface area contributed by atoms with E-state index in [1.165, 1.54) is 4.90 Å². The Labute approximate surface area is 138 Å². The summed E-state index contributed by atoms with van der Waals surface area (Å²) in [7, 11) is 1.61. The fourth-order valence-corrected chi connectivity index (χ4v) is 2.81. The summed E-state index contributed by atoms with van der Waals surface area (Å²) in [5.74, 6) is 0.208. The third-order valence-electron chi connectivity index (χ3n) is 3.55. The molecule has 1 unspecified atom stereocenters. The molecule has 0 saturated carbocycles. The first-order chi connectivity index (χ1) is 10.6. The average Bonchev–Trinajstić information content (AvgIpc) is 2.53. The maximum absolute atomic E-state index is 12.6. The smallest absolute Gasteiger partial charge is 0.242 e. The van der Waals surface area contributed by atoms with Crippen LogP contribution in [-0.2, 0) is 11.3 Å². The van der Waals surface area contributed by atoms with Gasteiger partial charge in [0.1, 0.15) is 11.7 Å². The van der Waals surface area contributed by atoms with E-state index in [1.807, 2.05) is 24.3 Å². The van der Waals surface area contributed by atoms with Gasteiger partial charge >= 0.3 is 0 Å². The largest absolute Gasteiger partial charge is 0.497 e. The van der Waals surface area contributed by atoms with Gasteiger partial charge in [0.15, 0.2) is 0 Å². The van der Waals surface area contributed by atoms with Crippen molar-refractivity contribution >= 4 is 40.6 Å². The molecule has 4 nitrogen and oxygen atoms in total. The second-order valence-electron chi connectivity index (χ2n) is 4.95. The van der Waals surface area contributed by atoms with Gasteiger partial charge in [-0.05, 0) is 48.1 Å². The number of methoxy groups -OCH3 is 1. The summed E-state index contributed by atoms with van der Waals surface area (Å²) in [5.41, 5.74) is 1.60. The Balaban J connectivity index is 1.85. The van der Waals surface area contributed by atoms with E-state index in [0.29, 0.717) is 17.3 Å². The first kappa shape index (κ1) is 14.9. The van der Waals surface area contributed by atoms with Gasteiger partial charge in [-0.2, -0.15) is 0 Å². The predicted octanol–water partition coefficient (Wildman–Crippen LogP) is 3.07. The third-order valence-corrected chi connectivity index (χ3v) is 4.11. The number of allylic oxidation sites excluding steroid dienone is 3. The normalized spacial score (nSPS) is 20.5. The van der Waals surface area contributed by atoms with Crippen LogP contribution >= 0.6 is 23.8 Å². The predicted molar refractivity (Wildman–Crippen MR) is 90.1 cm³/mol. The zero-order valence-corrected chi connectivity index (χ0v) is 13.4. The summed E-state index contributed by atoms with van der Waals surface area (Å²) in [6, 6.07) is 7.50. The molecule has 0 saturated heterocycles. The Morgan fingerprint density at radius 1 is 1.32 bits per heavy atom. The fourth-order valence-electron chi connectivity index (χ4n) is 2.37. The van der Waals surface area contributed by atoms with E-state index in [0.717, 1.165) is 11.3 Å². The number of amides is 1. The number of fused-ring (bicyclic) bond motifs is 1. The summed E-state index contributed by atoms with van der Waals surface area (Å²) >= 11 is 11.2. The van der Waals surface area contributed by atoms with Crippen molar-refractivity contribution in [2.45, 2.75) is 6.54 Å². The number of thiocarbonyl (C=S) groups is 1. The number of hydrogen-bond acceptors (Lipinski definition) is 3. The highest BCUT2D eigenvalue weighted by atomic mass is 35.5. The number of carbonyl (C=O) groups excluding carboxylic acids is 1.